The van der Waals surface area contributed by atoms with Gasteiger partial charge in [0, 0.05) is 35.2 Å². The van der Waals surface area contributed by atoms with E-state index in [0.29, 0.717) is 23.3 Å². The van der Waals surface area contributed by atoms with Gasteiger partial charge in [0.2, 0.25) is 17.7 Å². The highest BCUT2D eigenvalue weighted by atomic mass is 19.1. The van der Waals surface area contributed by atoms with Crippen LogP contribution in [0.1, 0.15) is 67.0 Å². The molecule has 1 amide bonds. The first-order chi connectivity index (χ1) is 16.8. The van der Waals surface area contributed by atoms with Gasteiger partial charge in [-0.1, -0.05) is 0 Å². The molecule has 4 rings (SSSR count). The van der Waals surface area contributed by atoms with Gasteiger partial charge in [-0.3, -0.25) is 9.59 Å². The highest BCUT2D eigenvalue weighted by molar-refractivity contribution is 6.25. The highest BCUT2D eigenvalue weighted by Crippen LogP contribution is 2.43. The van der Waals surface area contributed by atoms with Crippen LogP contribution in [0.3, 0.4) is 0 Å². The van der Waals surface area contributed by atoms with Crippen molar-refractivity contribution in [3.63, 3.8) is 0 Å². The van der Waals surface area contributed by atoms with Crippen molar-refractivity contribution in [2.24, 2.45) is 11.7 Å². The number of carbonyl (C=O) groups is 2. The summed E-state index contributed by atoms with van der Waals surface area (Å²) in [6.07, 6.45) is 7.38. The molecule has 1 saturated carbocycles. The van der Waals surface area contributed by atoms with Gasteiger partial charge >= 0.3 is 0 Å². The number of fused-ring (bicyclic) bond motifs is 1. The third kappa shape index (κ3) is 5.48. The number of aromatic nitrogens is 3. The fourth-order valence-electron chi connectivity index (χ4n) is 5.15. The summed E-state index contributed by atoms with van der Waals surface area (Å²) in [6, 6.07) is 1.26. The summed E-state index contributed by atoms with van der Waals surface area (Å²) in [6.45, 7) is 1.75. The predicted octanol–water partition coefficient (Wildman–Crippen LogP) is 2.96. The number of Topliss-reactive ketones (excluding diaryl/α,β-unsaturated/α-hetero) is 1. The molecular weight excluding hydrogens is 453 g/mol. The highest BCUT2D eigenvalue weighted by Gasteiger charge is 2.34. The van der Waals surface area contributed by atoms with E-state index in [1.165, 1.54) is 19.4 Å². The van der Waals surface area contributed by atoms with Crippen LogP contribution in [-0.2, 0) is 14.3 Å². The molecule has 186 valence electrons. The minimum atomic E-state index is -0.639. The van der Waals surface area contributed by atoms with E-state index < -0.39 is 11.7 Å². The number of methoxy groups -OCH3 is 1. The van der Waals surface area contributed by atoms with Crippen LogP contribution >= 0.6 is 0 Å². The van der Waals surface area contributed by atoms with Crippen LogP contribution in [0.5, 0.6) is 5.88 Å². The second-order valence-corrected chi connectivity index (χ2v) is 9.12. The van der Waals surface area contributed by atoms with Crippen LogP contribution in [-0.4, -0.2) is 46.5 Å². The summed E-state index contributed by atoms with van der Waals surface area (Å²) in [7, 11) is 1.34. The number of nitrogens with two attached hydrogens (primary N) is 2. The van der Waals surface area contributed by atoms with Crippen LogP contribution in [0.2, 0.25) is 0 Å². The summed E-state index contributed by atoms with van der Waals surface area (Å²) in [5, 5.41) is 0. The van der Waals surface area contributed by atoms with Crippen molar-refractivity contribution in [3.05, 3.63) is 40.6 Å². The molecule has 0 bridgehead atoms. The van der Waals surface area contributed by atoms with Gasteiger partial charge in [-0.15, -0.1) is 0 Å². The molecule has 1 atom stereocenters. The molecule has 1 fully saturated rings. The quantitative estimate of drug-likeness (QED) is 0.638. The number of allylic oxidation sites excluding steroid dienone is 1. The van der Waals surface area contributed by atoms with Gasteiger partial charge in [0.25, 0.3) is 0 Å². The zero-order valence-electron chi connectivity index (χ0n) is 19.9. The van der Waals surface area contributed by atoms with E-state index in [9.17, 15) is 14.0 Å². The number of carbonyl (C=O) groups excluding carboxylic acids is 2. The summed E-state index contributed by atoms with van der Waals surface area (Å²) in [5.41, 5.74) is 14.2. The monoisotopic (exact) mass is 483 g/mol. The molecule has 0 aromatic carbocycles. The molecule has 0 spiro atoms. The van der Waals surface area contributed by atoms with Crippen LogP contribution in [0.25, 0.3) is 11.6 Å². The fourth-order valence-corrected chi connectivity index (χ4v) is 5.15. The number of rotatable bonds is 6. The van der Waals surface area contributed by atoms with E-state index in [-0.39, 0.29) is 48.6 Å². The molecule has 4 N–H and O–H groups in total. The minimum Gasteiger partial charge on any atom is -0.479 e. The number of ketones is 1. The van der Waals surface area contributed by atoms with E-state index in [4.69, 9.17) is 20.9 Å². The van der Waals surface area contributed by atoms with Crippen LogP contribution in [0, 0.1) is 18.7 Å². The van der Waals surface area contributed by atoms with E-state index in [0.717, 1.165) is 36.9 Å². The third-order valence-electron chi connectivity index (χ3n) is 6.87. The Bertz CT molecular complexity index is 1160. The number of anilines is 1. The lowest BCUT2D eigenvalue weighted by molar-refractivity contribution is -0.125. The molecule has 10 heteroatoms. The predicted molar refractivity (Wildman–Crippen MR) is 128 cm³/mol. The minimum absolute atomic E-state index is 0.00502. The Labute approximate surface area is 203 Å². The molecule has 0 saturated heterocycles. The van der Waals surface area contributed by atoms with Gasteiger partial charge in [-0.2, -0.15) is 0 Å². The zero-order chi connectivity index (χ0) is 25.1. The van der Waals surface area contributed by atoms with Gasteiger partial charge < -0.3 is 20.9 Å². The number of amides is 1. The maximum absolute atomic E-state index is 14.4. The average Bonchev–Trinajstić information content (AvgIpc) is 2.82. The van der Waals surface area contributed by atoms with Crippen molar-refractivity contribution in [2.75, 3.05) is 19.5 Å². The van der Waals surface area contributed by atoms with E-state index >= 15 is 0 Å². The molecule has 0 radical (unpaired) electrons. The van der Waals surface area contributed by atoms with Crippen molar-refractivity contribution in [1.82, 2.24) is 15.0 Å². The van der Waals surface area contributed by atoms with Crippen molar-refractivity contribution in [1.29, 1.82) is 0 Å². The topological polar surface area (TPSA) is 143 Å². The number of hydrogen-bond donors (Lipinski definition) is 2. The van der Waals surface area contributed by atoms with Crippen molar-refractivity contribution in [2.45, 2.75) is 57.5 Å². The summed E-state index contributed by atoms with van der Waals surface area (Å²) in [5.74, 6) is -0.866. The second kappa shape index (κ2) is 10.5. The maximum Gasteiger partial charge on any atom is 0.250 e. The molecular formula is C25H30FN5O4. The SMILES string of the molecule is COc1ncc(/C2=C/c3c(C)nc(N)nc3[C@@H](C3CCC(OCC(N)=O)CC3)CCC2=O)cc1F. The number of nitrogens with zero attached hydrogens (tertiary/aromatic N) is 3. The standard InChI is InChI=1S/C25H30FN5O4/c1-13-18-10-19(15-9-20(26)24(34-2)29-11-15)21(32)8-7-17(23(18)31-25(28)30-13)14-3-5-16(6-4-14)35-12-22(27)33/h9-11,14,16-17H,3-8,12H2,1-2H3,(H2,27,33)(H2,28,30,31)/b19-10-/t14?,16?,17-/m1/s1. The van der Waals surface area contributed by atoms with Gasteiger partial charge in [-0.05, 0) is 57.1 Å². The van der Waals surface area contributed by atoms with E-state index in [1.54, 1.807) is 6.08 Å². The van der Waals surface area contributed by atoms with Crippen LogP contribution in [0.4, 0.5) is 10.3 Å². The Morgan fingerprint density at radius 1 is 1.20 bits per heavy atom. The lowest BCUT2D eigenvalue weighted by atomic mass is 9.73. The number of ether oxygens (including phenoxy) is 2. The summed E-state index contributed by atoms with van der Waals surface area (Å²) < 4.78 is 24.9. The second-order valence-electron chi connectivity index (χ2n) is 9.12. The van der Waals surface area contributed by atoms with Gasteiger partial charge in [-0.25, -0.2) is 19.3 Å². The Morgan fingerprint density at radius 2 is 1.94 bits per heavy atom. The molecule has 2 aromatic heterocycles. The number of primary amides is 1. The first-order valence-corrected chi connectivity index (χ1v) is 11.8. The Hall–Kier alpha value is -3.40. The molecule has 2 aliphatic carbocycles. The maximum atomic E-state index is 14.4. The largest absolute Gasteiger partial charge is 0.479 e. The number of hydrogen-bond acceptors (Lipinski definition) is 8. The number of aryl methyl sites for hydroxylation is 1. The molecule has 0 unspecified atom stereocenters. The average molecular weight is 484 g/mol. The lowest BCUT2D eigenvalue weighted by Crippen LogP contribution is -2.30. The fraction of sp³-hybridized carbons (Fsp3) is 0.480. The summed E-state index contributed by atoms with van der Waals surface area (Å²) >= 11 is 0. The van der Waals surface area contributed by atoms with Crippen LogP contribution in [0.15, 0.2) is 12.3 Å². The molecule has 2 aromatic rings. The first-order valence-electron chi connectivity index (χ1n) is 11.8. The third-order valence-corrected chi connectivity index (χ3v) is 6.87. The first kappa shape index (κ1) is 24.7. The lowest BCUT2D eigenvalue weighted by Gasteiger charge is -2.35. The number of pyridine rings is 1. The molecule has 0 aliphatic heterocycles. The Kier molecular flexibility index (Phi) is 7.39. The van der Waals surface area contributed by atoms with Gasteiger partial charge in [0.1, 0.15) is 6.61 Å². The molecule has 35 heavy (non-hydrogen) atoms. The number of nitrogen functional groups attached to an aromatic ring is 1. The van der Waals surface area contributed by atoms with Crippen LogP contribution < -0.4 is 16.2 Å². The normalized spacial score (nSPS) is 24.0. The molecule has 9 nitrogen and oxygen atoms in total. The Morgan fingerprint density at radius 3 is 2.60 bits per heavy atom. The summed E-state index contributed by atoms with van der Waals surface area (Å²) in [4.78, 5) is 37.2. The van der Waals surface area contributed by atoms with E-state index in [1.807, 2.05) is 6.92 Å². The molecule has 2 aliphatic rings. The van der Waals surface area contributed by atoms with Gasteiger partial charge in [0.05, 0.1) is 24.6 Å². The Balaban J connectivity index is 1.68. The number of halogens is 1. The van der Waals surface area contributed by atoms with E-state index in [2.05, 4.69) is 15.0 Å². The van der Waals surface area contributed by atoms with Crippen molar-refractivity contribution >= 4 is 29.3 Å². The van der Waals surface area contributed by atoms with Gasteiger partial charge in [0.15, 0.2) is 11.6 Å². The smallest absolute Gasteiger partial charge is 0.250 e. The van der Waals surface area contributed by atoms with Crippen molar-refractivity contribution in [3.8, 4) is 5.88 Å². The van der Waals surface area contributed by atoms with Crippen molar-refractivity contribution < 1.29 is 23.5 Å². The zero-order valence-corrected chi connectivity index (χ0v) is 19.9. The molecule has 2 heterocycles.